The lowest BCUT2D eigenvalue weighted by Gasteiger charge is -2.15. The average Bonchev–Trinajstić information content (AvgIpc) is 2.65. The van der Waals surface area contributed by atoms with Crippen molar-refractivity contribution in [1.29, 1.82) is 0 Å². The number of benzene rings is 2. The first-order valence-corrected chi connectivity index (χ1v) is 9.51. The van der Waals surface area contributed by atoms with Gasteiger partial charge in [-0.25, -0.2) is 0 Å². The zero-order valence-corrected chi connectivity index (χ0v) is 15.5. The van der Waals surface area contributed by atoms with E-state index in [9.17, 15) is 18.6 Å². The van der Waals surface area contributed by atoms with Crippen molar-refractivity contribution in [2.45, 2.75) is 24.3 Å². The minimum atomic E-state index is -1.30. The highest BCUT2D eigenvalue weighted by atomic mass is 32.2. The van der Waals surface area contributed by atoms with Gasteiger partial charge in [-0.1, -0.05) is 18.2 Å². The quantitative estimate of drug-likeness (QED) is 0.524. The highest BCUT2D eigenvalue weighted by Gasteiger charge is 2.20. The molecule has 8 heteroatoms. The lowest BCUT2D eigenvalue weighted by Crippen LogP contribution is -2.45. The predicted octanol–water partition coefficient (Wildman–Crippen LogP) is 1.39. The van der Waals surface area contributed by atoms with E-state index < -0.39 is 34.6 Å². The van der Waals surface area contributed by atoms with Crippen LogP contribution in [-0.4, -0.2) is 33.8 Å². The van der Waals surface area contributed by atoms with Crippen molar-refractivity contribution in [3.05, 3.63) is 60.2 Å². The molecule has 0 heterocycles. The zero-order chi connectivity index (χ0) is 19.8. The van der Waals surface area contributed by atoms with Crippen molar-refractivity contribution in [2.75, 3.05) is 5.75 Å². The van der Waals surface area contributed by atoms with Crippen molar-refractivity contribution in [3.8, 4) is 5.75 Å². The van der Waals surface area contributed by atoms with Crippen LogP contribution in [0.2, 0.25) is 0 Å². The Kier molecular flexibility index (Phi) is 7.25. The fourth-order valence-electron chi connectivity index (χ4n) is 2.28. The standard InChI is InChI=1S/C19H20N2O5S/c1-13(22)26-15-9-7-14(8-10-15)19(24)21-17(18(20)23)11-12-27(25)16-5-3-2-4-6-16/h2-10,17H,11-12H2,1H3,(H2,20,23)(H,21,24)/t17-,27-/m0/s1. The van der Waals surface area contributed by atoms with Crippen molar-refractivity contribution in [2.24, 2.45) is 5.73 Å². The molecule has 0 aliphatic heterocycles. The number of nitrogens with one attached hydrogen (secondary N) is 1. The molecule has 0 aromatic heterocycles. The molecule has 2 aromatic carbocycles. The Labute approximate surface area is 159 Å². The molecule has 0 aliphatic carbocycles. The number of primary amides is 1. The lowest BCUT2D eigenvalue weighted by molar-refractivity contribution is -0.131. The van der Waals surface area contributed by atoms with Crippen LogP contribution in [0.25, 0.3) is 0 Å². The number of esters is 1. The number of hydrogen-bond acceptors (Lipinski definition) is 5. The summed E-state index contributed by atoms with van der Waals surface area (Å²) in [6.45, 7) is 1.28. The van der Waals surface area contributed by atoms with Gasteiger partial charge in [0.25, 0.3) is 5.91 Å². The number of hydrogen-bond donors (Lipinski definition) is 2. The van der Waals surface area contributed by atoms with Crippen LogP contribution in [0.3, 0.4) is 0 Å². The van der Waals surface area contributed by atoms with Crippen molar-refractivity contribution < 1.29 is 23.3 Å². The van der Waals surface area contributed by atoms with Gasteiger partial charge in [-0.2, -0.15) is 0 Å². The van der Waals surface area contributed by atoms with Gasteiger partial charge in [-0.15, -0.1) is 0 Å². The first-order chi connectivity index (χ1) is 12.9. The van der Waals surface area contributed by atoms with E-state index >= 15 is 0 Å². The van der Waals surface area contributed by atoms with Crippen molar-refractivity contribution in [1.82, 2.24) is 5.32 Å². The third-order valence-corrected chi connectivity index (χ3v) is 5.03. The second-order valence-electron chi connectivity index (χ2n) is 5.70. The van der Waals surface area contributed by atoms with Gasteiger partial charge in [0, 0.05) is 23.1 Å². The number of rotatable bonds is 8. The molecule has 0 fully saturated rings. The molecule has 2 amide bonds. The van der Waals surface area contributed by atoms with Crippen molar-refractivity contribution >= 4 is 28.6 Å². The molecule has 2 atom stereocenters. The first kappa shape index (κ1) is 20.3. The second kappa shape index (κ2) is 9.63. The summed E-state index contributed by atoms with van der Waals surface area (Å²) in [5.74, 6) is -1.18. The normalized spacial score (nSPS) is 12.6. The van der Waals surface area contributed by atoms with Crippen LogP contribution in [0, 0.1) is 0 Å². The Hall–Kier alpha value is -3.00. The Morgan fingerprint density at radius 1 is 1.07 bits per heavy atom. The summed E-state index contributed by atoms with van der Waals surface area (Å²) in [4.78, 5) is 35.5. The molecule has 27 heavy (non-hydrogen) atoms. The van der Waals surface area contributed by atoms with Crippen LogP contribution in [-0.2, 0) is 20.4 Å². The molecule has 0 saturated heterocycles. The molecule has 0 saturated carbocycles. The highest BCUT2D eigenvalue weighted by molar-refractivity contribution is 7.85. The summed E-state index contributed by atoms with van der Waals surface area (Å²) in [6, 6.07) is 13.8. The van der Waals surface area contributed by atoms with Crippen molar-refractivity contribution in [3.63, 3.8) is 0 Å². The lowest BCUT2D eigenvalue weighted by atomic mass is 10.1. The molecular formula is C19H20N2O5S. The molecule has 2 rings (SSSR count). The highest BCUT2D eigenvalue weighted by Crippen LogP contribution is 2.13. The monoisotopic (exact) mass is 388 g/mol. The Bertz CT molecular complexity index is 837. The average molecular weight is 388 g/mol. The maximum Gasteiger partial charge on any atom is 0.308 e. The van der Waals surface area contributed by atoms with Gasteiger partial charge in [-0.05, 0) is 42.8 Å². The molecule has 0 aliphatic rings. The first-order valence-electron chi connectivity index (χ1n) is 8.19. The molecule has 7 nitrogen and oxygen atoms in total. The SMILES string of the molecule is CC(=O)Oc1ccc(C(=O)N[C@@H](CC[S@](=O)c2ccccc2)C(N)=O)cc1. The van der Waals surface area contributed by atoms with Crippen LogP contribution < -0.4 is 15.8 Å². The fourth-order valence-corrected chi connectivity index (χ4v) is 3.43. The van der Waals surface area contributed by atoms with Gasteiger partial charge in [0.1, 0.15) is 11.8 Å². The van der Waals surface area contributed by atoms with E-state index in [0.29, 0.717) is 10.6 Å². The maximum absolute atomic E-state index is 12.3. The molecule has 0 radical (unpaired) electrons. The van der Waals surface area contributed by atoms with Gasteiger partial charge in [-0.3, -0.25) is 18.6 Å². The van der Waals surface area contributed by atoms with Gasteiger partial charge >= 0.3 is 5.97 Å². The smallest absolute Gasteiger partial charge is 0.308 e. The summed E-state index contributed by atoms with van der Waals surface area (Å²) in [5, 5.41) is 2.54. The van der Waals surface area contributed by atoms with E-state index in [0.717, 1.165) is 0 Å². The number of ether oxygens (including phenoxy) is 1. The number of amides is 2. The largest absolute Gasteiger partial charge is 0.427 e. The Balaban J connectivity index is 1.96. The van der Waals surface area contributed by atoms with Gasteiger partial charge in [0.15, 0.2) is 0 Å². The van der Waals surface area contributed by atoms with Crippen LogP contribution in [0.15, 0.2) is 59.5 Å². The second-order valence-corrected chi connectivity index (χ2v) is 7.27. The maximum atomic E-state index is 12.3. The summed E-state index contributed by atoms with van der Waals surface area (Å²) in [5.41, 5.74) is 5.64. The van der Waals surface area contributed by atoms with Crippen LogP contribution in [0.5, 0.6) is 5.75 Å². The van der Waals surface area contributed by atoms with E-state index in [1.807, 2.05) is 6.07 Å². The summed E-state index contributed by atoms with van der Waals surface area (Å²) < 4.78 is 17.2. The summed E-state index contributed by atoms with van der Waals surface area (Å²) in [7, 11) is -1.30. The van der Waals surface area contributed by atoms with Crippen LogP contribution in [0.1, 0.15) is 23.7 Å². The van der Waals surface area contributed by atoms with Gasteiger partial charge in [0.05, 0.1) is 10.8 Å². The summed E-state index contributed by atoms with van der Waals surface area (Å²) >= 11 is 0. The molecule has 142 valence electrons. The molecule has 0 bridgehead atoms. The van der Waals surface area contributed by atoms with E-state index in [-0.39, 0.29) is 17.7 Å². The van der Waals surface area contributed by atoms with Gasteiger partial charge < -0.3 is 15.8 Å². The van der Waals surface area contributed by atoms with E-state index in [1.54, 1.807) is 24.3 Å². The van der Waals surface area contributed by atoms with Gasteiger partial charge in [0.2, 0.25) is 5.91 Å². The minimum Gasteiger partial charge on any atom is -0.427 e. The molecule has 2 aromatic rings. The molecule has 0 unspecified atom stereocenters. The molecule has 0 spiro atoms. The Morgan fingerprint density at radius 2 is 1.70 bits per heavy atom. The Morgan fingerprint density at radius 3 is 2.26 bits per heavy atom. The molecular weight excluding hydrogens is 368 g/mol. The molecule has 3 N–H and O–H groups in total. The minimum absolute atomic E-state index is 0.147. The van der Waals surface area contributed by atoms with E-state index in [1.165, 1.54) is 31.2 Å². The zero-order valence-electron chi connectivity index (χ0n) is 14.7. The third-order valence-electron chi connectivity index (χ3n) is 3.62. The van der Waals surface area contributed by atoms with Crippen LogP contribution >= 0.6 is 0 Å². The predicted molar refractivity (Wildman–Crippen MR) is 101 cm³/mol. The topological polar surface area (TPSA) is 116 Å². The fraction of sp³-hybridized carbons (Fsp3) is 0.211. The third kappa shape index (κ3) is 6.34. The van der Waals surface area contributed by atoms with E-state index in [2.05, 4.69) is 5.32 Å². The number of carbonyl (C=O) groups is 3. The number of nitrogens with two attached hydrogens (primary N) is 1. The van der Waals surface area contributed by atoms with E-state index in [4.69, 9.17) is 10.5 Å². The summed E-state index contributed by atoms with van der Waals surface area (Å²) in [6.07, 6.45) is 0.147. The van der Waals surface area contributed by atoms with Crippen LogP contribution in [0.4, 0.5) is 0 Å². The number of carbonyl (C=O) groups excluding carboxylic acids is 3.